The summed E-state index contributed by atoms with van der Waals surface area (Å²) < 4.78 is 10.3. The number of halogens is 1. The standard InChI is InChI=1S/C20H21ClO3/c1-5-24-20(22)17-9-7-15(12-19(17)23-4)6-8-16-10-14(3)18(21)11-13(16)2/h6-12H,5H2,1-4H3/b8-6+. The van der Waals surface area contributed by atoms with E-state index in [2.05, 4.69) is 6.07 Å². The minimum Gasteiger partial charge on any atom is -0.496 e. The summed E-state index contributed by atoms with van der Waals surface area (Å²) in [5.74, 6) is 0.119. The number of benzene rings is 2. The van der Waals surface area contributed by atoms with Crippen LogP contribution in [0.3, 0.4) is 0 Å². The first-order chi connectivity index (χ1) is 11.5. The molecule has 0 atom stereocenters. The summed E-state index contributed by atoms with van der Waals surface area (Å²) in [6.07, 6.45) is 4.00. The van der Waals surface area contributed by atoms with Gasteiger partial charge in [0.25, 0.3) is 0 Å². The number of rotatable bonds is 5. The van der Waals surface area contributed by atoms with Crippen molar-refractivity contribution >= 4 is 29.7 Å². The van der Waals surface area contributed by atoms with E-state index in [9.17, 15) is 4.79 Å². The van der Waals surface area contributed by atoms with Crippen LogP contribution in [0.1, 0.15) is 39.5 Å². The molecule has 2 aromatic rings. The van der Waals surface area contributed by atoms with Gasteiger partial charge in [-0.05, 0) is 61.2 Å². The lowest BCUT2D eigenvalue weighted by Crippen LogP contribution is -2.06. The number of carbonyl (C=O) groups excluding carboxylic acids is 1. The Labute approximate surface area is 147 Å². The Hall–Kier alpha value is -2.26. The first kappa shape index (κ1) is 18.1. The predicted octanol–water partition coefficient (Wildman–Crippen LogP) is 5.31. The lowest BCUT2D eigenvalue weighted by molar-refractivity contribution is 0.0522. The third-order valence-corrected chi connectivity index (χ3v) is 4.13. The molecule has 0 aliphatic carbocycles. The summed E-state index contributed by atoms with van der Waals surface area (Å²) in [6, 6.07) is 9.42. The molecule has 24 heavy (non-hydrogen) atoms. The molecule has 3 nitrogen and oxygen atoms in total. The first-order valence-electron chi connectivity index (χ1n) is 7.76. The molecule has 0 bridgehead atoms. The van der Waals surface area contributed by atoms with Gasteiger partial charge in [0.15, 0.2) is 0 Å². The molecular formula is C20H21ClO3. The van der Waals surface area contributed by atoms with Gasteiger partial charge in [0, 0.05) is 5.02 Å². The van der Waals surface area contributed by atoms with Crippen molar-refractivity contribution < 1.29 is 14.3 Å². The van der Waals surface area contributed by atoms with Crippen LogP contribution in [-0.2, 0) is 4.74 Å². The summed E-state index contributed by atoms with van der Waals surface area (Å²) >= 11 is 6.13. The first-order valence-corrected chi connectivity index (χ1v) is 8.14. The molecule has 0 N–H and O–H groups in total. The molecule has 2 rings (SSSR count). The molecule has 0 unspecified atom stereocenters. The molecule has 0 radical (unpaired) electrons. The van der Waals surface area contributed by atoms with E-state index in [1.165, 1.54) is 7.11 Å². The molecule has 0 aliphatic rings. The fourth-order valence-corrected chi connectivity index (χ4v) is 2.58. The molecule has 126 valence electrons. The van der Waals surface area contributed by atoms with E-state index in [0.29, 0.717) is 17.9 Å². The molecule has 0 fully saturated rings. The fourth-order valence-electron chi connectivity index (χ4n) is 2.36. The highest BCUT2D eigenvalue weighted by Crippen LogP contribution is 2.25. The molecule has 0 aliphatic heterocycles. The average molecular weight is 345 g/mol. The molecule has 4 heteroatoms. The van der Waals surface area contributed by atoms with Crippen LogP contribution in [0.15, 0.2) is 30.3 Å². The number of methoxy groups -OCH3 is 1. The van der Waals surface area contributed by atoms with Gasteiger partial charge in [0.05, 0.1) is 13.7 Å². The predicted molar refractivity (Wildman–Crippen MR) is 98.8 cm³/mol. The Morgan fingerprint density at radius 1 is 1.12 bits per heavy atom. The van der Waals surface area contributed by atoms with Crippen molar-refractivity contribution in [1.82, 2.24) is 0 Å². The van der Waals surface area contributed by atoms with Crippen molar-refractivity contribution in [1.29, 1.82) is 0 Å². The van der Waals surface area contributed by atoms with Crippen LogP contribution in [0.2, 0.25) is 5.02 Å². The summed E-state index contributed by atoms with van der Waals surface area (Å²) in [5.41, 5.74) is 4.61. The van der Waals surface area contributed by atoms with Gasteiger partial charge in [-0.25, -0.2) is 4.79 Å². The Morgan fingerprint density at radius 2 is 1.88 bits per heavy atom. The smallest absolute Gasteiger partial charge is 0.341 e. The zero-order valence-electron chi connectivity index (χ0n) is 14.4. The molecule has 2 aromatic carbocycles. The highest BCUT2D eigenvalue weighted by molar-refractivity contribution is 6.31. The zero-order valence-corrected chi connectivity index (χ0v) is 15.1. The second-order valence-electron chi connectivity index (χ2n) is 5.47. The molecule has 0 heterocycles. The number of hydrogen-bond donors (Lipinski definition) is 0. The lowest BCUT2D eigenvalue weighted by Gasteiger charge is -2.09. The highest BCUT2D eigenvalue weighted by Gasteiger charge is 2.13. The average Bonchev–Trinajstić information content (AvgIpc) is 2.56. The van der Waals surface area contributed by atoms with Gasteiger partial charge in [-0.3, -0.25) is 0 Å². The Balaban J connectivity index is 2.30. The van der Waals surface area contributed by atoms with Crippen molar-refractivity contribution in [3.63, 3.8) is 0 Å². The Kier molecular flexibility index (Phi) is 6.04. The van der Waals surface area contributed by atoms with Crippen molar-refractivity contribution in [2.45, 2.75) is 20.8 Å². The molecule has 0 saturated heterocycles. The van der Waals surface area contributed by atoms with Gasteiger partial charge in [-0.15, -0.1) is 0 Å². The van der Waals surface area contributed by atoms with Gasteiger partial charge in [0.2, 0.25) is 0 Å². The largest absolute Gasteiger partial charge is 0.496 e. The quantitative estimate of drug-likeness (QED) is 0.544. The van der Waals surface area contributed by atoms with E-state index in [-0.39, 0.29) is 5.97 Å². The van der Waals surface area contributed by atoms with Gasteiger partial charge < -0.3 is 9.47 Å². The normalized spacial score (nSPS) is 10.9. The van der Waals surface area contributed by atoms with Crippen LogP contribution in [0.25, 0.3) is 12.2 Å². The summed E-state index contributed by atoms with van der Waals surface area (Å²) in [6.45, 7) is 6.11. The van der Waals surface area contributed by atoms with Crippen molar-refractivity contribution in [2.24, 2.45) is 0 Å². The minimum atomic E-state index is -0.381. The molecule has 0 spiro atoms. The fraction of sp³-hybridized carbons (Fsp3) is 0.250. The van der Waals surface area contributed by atoms with Crippen LogP contribution in [0.5, 0.6) is 5.75 Å². The van der Waals surface area contributed by atoms with Crippen LogP contribution >= 0.6 is 11.6 Å². The minimum absolute atomic E-state index is 0.332. The van der Waals surface area contributed by atoms with Crippen LogP contribution < -0.4 is 4.74 Å². The number of hydrogen-bond acceptors (Lipinski definition) is 3. The molecular weight excluding hydrogens is 324 g/mol. The van der Waals surface area contributed by atoms with Gasteiger partial charge in [0.1, 0.15) is 11.3 Å². The zero-order chi connectivity index (χ0) is 17.7. The van der Waals surface area contributed by atoms with Crippen molar-refractivity contribution in [2.75, 3.05) is 13.7 Å². The molecule has 0 saturated carbocycles. The summed E-state index contributed by atoms with van der Waals surface area (Å²) in [4.78, 5) is 11.9. The Morgan fingerprint density at radius 3 is 2.54 bits per heavy atom. The second kappa shape index (κ2) is 8.02. The molecule has 0 aromatic heterocycles. The molecule has 0 amide bonds. The van der Waals surface area contributed by atoms with Gasteiger partial charge in [-0.2, -0.15) is 0 Å². The van der Waals surface area contributed by atoms with Crippen LogP contribution in [0, 0.1) is 13.8 Å². The maximum Gasteiger partial charge on any atom is 0.341 e. The van der Waals surface area contributed by atoms with Crippen molar-refractivity contribution in [3.05, 3.63) is 63.2 Å². The second-order valence-corrected chi connectivity index (χ2v) is 5.88. The monoisotopic (exact) mass is 344 g/mol. The van der Waals surface area contributed by atoms with Gasteiger partial charge >= 0.3 is 5.97 Å². The highest BCUT2D eigenvalue weighted by atomic mass is 35.5. The van der Waals surface area contributed by atoms with Gasteiger partial charge in [-0.1, -0.05) is 35.9 Å². The maximum absolute atomic E-state index is 11.9. The van der Waals surface area contributed by atoms with Crippen LogP contribution in [0.4, 0.5) is 0 Å². The van der Waals surface area contributed by atoms with E-state index in [4.69, 9.17) is 21.1 Å². The number of ether oxygens (including phenoxy) is 2. The Bertz CT molecular complexity index is 779. The number of esters is 1. The topological polar surface area (TPSA) is 35.5 Å². The maximum atomic E-state index is 11.9. The van der Waals surface area contributed by atoms with Crippen molar-refractivity contribution in [3.8, 4) is 5.75 Å². The van der Waals surface area contributed by atoms with E-state index in [0.717, 1.165) is 27.3 Å². The third kappa shape index (κ3) is 4.18. The van der Waals surface area contributed by atoms with E-state index in [1.54, 1.807) is 13.0 Å². The van der Waals surface area contributed by atoms with E-state index >= 15 is 0 Å². The number of carbonyl (C=O) groups is 1. The summed E-state index contributed by atoms with van der Waals surface area (Å²) in [5, 5.41) is 0.769. The van der Waals surface area contributed by atoms with Crippen LogP contribution in [-0.4, -0.2) is 19.7 Å². The van der Waals surface area contributed by atoms with E-state index < -0.39 is 0 Å². The third-order valence-electron chi connectivity index (χ3n) is 3.72. The SMILES string of the molecule is CCOC(=O)c1ccc(/C=C/c2cc(C)c(Cl)cc2C)cc1OC. The summed E-state index contributed by atoms with van der Waals surface area (Å²) in [7, 11) is 1.54. The van der Waals surface area contributed by atoms with E-state index in [1.807, 2.05) is 44.2 Å². The lowest BCUT2D eigenvalue weighted by atomic mass is 10.0. The number of aryl methyl sites for hydroxylation is 2.